The van der Waals surface area contributed by atoms with Gasteiger partial charge in [-0.2, -0.15) is 0 Å². The molecule has 12 heteroatoms. The molecule has 1 N–H and O–H groups in total. The van der Waals surface area contributed by atoms with Crippen LogP contribution in [-0.4, -0.2) is 79.6 Å². The summed E-state index contributed by atoms with van der Waals surface area (Å²) in [5, 5.41) is 0. The van der Waals surface area contributed by atoms with Crippen molar-refractivity contribution in [3.05, 3.63) is 88.0 Å². The van der Waals surface area contributed by atoms with E-state index in [0.29, 0.717) is 64.5 Å². The predicted molar refractivity (Wildman–Crippen MR) is 205 cm³/mol. The highest BCUT2D eigenvalue weighted by molar-refractivity contribution is 7.92. The van der Waals surface area contributed by atoms with E-state index in [1.54, 1.807) is 34.5 Å². The topological polar surface area (TPSA) is 108 Å². The summed E-state index contributed by atoms with van der Waals surface area (Å²) >= 11 is 0. The Kier molecular flexibility index (Phi) is 10.4. The number of likely N-dealkylation sites (N-methyl/N-ethyl adjacent to an activating group) is 2. The predicted octanol–water partition coefficient (Wildman–Crippen LogP) is 7.31. The summed E-state index contributed by atoms with van der Waals surface area (Å²) in [4.78, 5) is 4.66. The second-order valence-electron chi connectivity index (χ2n) is 14.0. The number of nitrogens with zero attached hydrogens (tertiary/aromatic N) is 2. The normalized spacial score (nSPS) is 18.5. The number of methoxy groups -OCH3 is 4. The number of hydrogen-bond donors (Lipinski definition) is 1. The third-order valence-corrected chi connectivity index (χ3v) is 12.2. The molecule has 53 heavy (non-hydrogen) atoms. The van der Waals surface area contributed by atoms with Gasteiger partial charge in [0.25, 0.3) is 0 Å². The van der Waals surface area contributed by atoms with Crippen LogP contribution in [0.4, 0.5) is 5.69 Å². The van der Waals surface area contributed by atoms with E-state index in [-0.39, 0.29) is 17.8 Å². The summed E-state index contributed by atoms with van der Waals surface area (Å²) in [6, 6.07) is 17.8. The highest BCUT2D eigenvalue weighted by atomic mass is 32.2. The molecule has 4 aromatic rings. The molecule has 2 atom stereocenters. The molecule has 0 saturated carbocycles. The van der Waals surface area contributed by atoms with Crippen molar-refractivity contribution in [2.75, 3.05) is 66.1 Å². The minimum absolute atomic E-state index is 0.0141. The number of sulfonamides is 1. The Labute approximate surface area is 312 Å². The standard InChI is InChI=1S/C41H49N3O8S/c1-8-17-53(45,46)42-31-24-35(48-5)36-22-28(31)19-33-39-27(14-16-44(33)3)21-38(49-6)40(50-7)41(39)52-37-23-30-26(20-34(37)47-4)13-15-43(2)32(30)18-25-9-11-29(51-36)12-10-25/h9-12,20-24,32-33,42H,8,13-19H2,1-7H3/t32-,33-/m0/s1. The smallest absolute Gasteiger partial charge is 0.232 e. The van der Waals surface area contributed by atoms with Crippen LogP contribution in [0.5, 0.6) is 46.0 Å². The molecule has 0 fully saturated rings. The van der Waals surface area contributed by atoms with Crippen LogP contribution in [0, 0.1) is 0 Å². The SMILES string of the molecule is CCCS(=O)(=O)Nc1cc(OC)c2cc1C[C@H]1c3c(cc(OC)c(OC)c3Oc3cc4c(cc3OC)CCN(C)[C@H]4Cc3ccc(cc3)O2)CCN1C. The molecule has 0 radical (unpaired) electrons. The molecule has 0 unspecified atom stereocenters. The van der Waals surface area contributed by atoms with Crippen molar-refractivity contribution in [3.63, 3.8) is 0 Å². The molecule has 8 rings (SSSR count). The molecule has 4 aliphatic heterocycles. The van der Waals surface area contributed by atoms with Gasteiger partial charge in [0.05, 0.1) is 39.9 Å². The third kappa shape index (κ3) is 7.19. The Balaban J connectivity index is 1.49. The number of rotatable bonds is 8. The summed E-state index contributed by atoms with van der Waals surface area (Å²) in [6.45, 7) is 3.51. The second-order valence-corrected chi connectivity index (χ2v) is 15.9. The molecule has 0 saturated heterocycles. The van der Waals surface area contributed by atoms with Crippen molar-refractivity contribution >= 4 is 15.7 Å². The Morgan fingerprint density at radius 1 is 0.736 bits per heavy atom. The molecule has 6 bridgehead atoms. The van der Waals surface area contributed by atoms with Gasteiger partial charge in [0, 0.05) is 36.8 Å². The highest BCUT2D eigenvalue weighted by Crippen LogP contribution is 2.52. The van der Waals surface area contributed by atoms with Crippen molar-refractivity contribution in [3.8, 4) is 46.0 Å². The van der Waals surface area contributed by atoms with E-state index in [1.165, 1.54) is 11.1 Å². The van der Waals surface area contributed by atoms with Gasteiger partial charge in [-0.15, -0.1) is 0 Å². The van der Waals surface area contributed by atoms with Crippen LogP contribution in [0.3, 0.4) is 0 Å². The minimum Gasteiger partial charge on any atom is -0.493 e. The van der Waals surface area contributed by atoms with Crippen molar-refractivity contribution in [1.82, 2.24) is 9.80 Å². The van der Waals surface area contributed by atoms with E-state index in [1.807, 2.05) is 31.2 Å². The lowest BCUT2D eigenvalue weighted by atomic mass is 9.87. The Morgan fingerprint density at radius 2 is 1.38 bits per heavy atom. The van der Waals surface area contributed by atoms with Gasteiger partial charge >= 0.3 is 0 Å². The number of anilines is 1. The van der Waals surface area contributed by atoms with Crippen molar-refractivity contribution in [2.45, 2.75) is 51.1 Å². The number of fused-ring (bicyclic) bond motifs is 2. The summed E-state index contributed by atoms with van der Waals surface area (Å²) < 4.78 is 66.7. The van der Waals surface area contributed by atoms with Crippen LogP contribution in [0.2, 0.25) is 0 Å². The Bertz CT molecular complexity index is 2100. The minimum atomic E-state index is -3.65. The number of ether oxygens (including phenoxy) is 6. The average Bonchev–Trinajstić information content (AvgIpc) is 3.14. The van der Waals surface area contributed by atoms with E-state index in [9.17, 15) is 8.42 Å². The Morgan fingerprint density at radius 3 is 2.06 bits per heavy atom. The fourth-order valence-electron chi connectivity index (χ4n) is 7.93. The van der Waals surface area contributed by atoms with Gasteiger partial charge in [0.15, 0.2) is 34.5 Å². The van der Waals surface area contributed by atoms with Crippen LogP contribution in [0.1, 0.15) is 58.8 Å². The van der Waals surface area contributed by atoms with Gasteiger partial charge in [-0.3, -0.25) is 14.5 Å². The van der Waals surface area contributed by atoms with E-state index in [4.69, 9.17) is 28.4 Å². The van der Waals surface area contributed by atoms with Crippen molar-refractivity contribution in [2.24, 2.45) is 0 Å². The molecule has 4 heterocycles. The molecular formula is C41H49N3O8S. The number of hydrogen-bond acceptors (Lipinski definition) is 10. The first-order chi connectivity index (χ1) is 25.6. The van der Waals surface area contributed by atoms with Gasteiger partial charge in [0.1, 0.15) is 5.75 Å². The van der Waals surface area contributed by atoms with Crippen LogP contribution in [0.25, 0.3) is 0 Å². The molecule has 4 aliphatic rings. The van der Waals surface area contributed by atoms with Gasteiger partial charge in [-0.1, -0.05) is 19.1 Å². The zero-order chi connectivity index (χ0) is 37.4. The van der Waals surface area contributed by atoms with Crippen LogP contribution >= 0.6 is 0 Å². The quantitative estimate of drug-likeness (QED) is 0.197. The molecule has 0 amide bonds. The fraction of sp³-hybridized carbons (Fsp3) is 0.415. The lowest BCUT2D eigenvalue weighted by molar-refractivity contribution is 0.220. The van der Waals surface area contributed by atoms with E-state index in [0.717, 1.165) is 54.6 Å². The molecular weight excluding hydrogens is 695 g/mol. The highest BCUT2D eigenvalue weighted by Gasteiger charge is 2.35. The fourth-order valence-corrected chi connectivity index (χ4v) is 9.09. The molecule has 0 spiro atoms. The lowest BCUT2D eigenvalue weighted by Crippen LogP contribution is -2.34. The molecule has 0 aliphatic carbocycles. The van der Waals surface area contributed by atoms with Gasteiger partial charge in [-0.25, -0.2) is 8.42 Å². The second kappa shape index (κ2) is 15.0. The maximum absolute atomic E-state index is 13.3. The first-order valence-corrected chi connectivity index (χ1v) is 19.8. The van der Waals surface area contributed by atoms with Crippen LogP contribution in [0.15, 0.2) is 54.6 Å². The van der Waals surface area contributed by atoms with Crippen LogP contribution in [-0.2, 0) is 35.7 Å². The average molecular weight is 744 g/mol. The van der Waals surface area contributed by atoms with E-state index < -0.39 is 10.0 Å². The maximum Gasteiger partial charge on any atom is 0.232 e. The van der Waals surface area contributed by atoms with Gasteiger partial charge in [0.2, 0.25) is 15.8 Å². The van der Waals surface area contributed by atoms with E-state index in [2.05, 4.69) is 52.9 Å². The Hall–Kier alpha value is -4.65. The van der Waals surface area contributed by atoms with Crippen LogP contribution < -0.4 is 33.1 Å². The number of benzene rings is 4. The maximum atomic E-state index is 13.3. The van der Waals surface area contributed by atoms with Gasteiger partial charge < -0.3 is 28.4 Å². The van der Waals surface area contributed by atoms with Gasteiger partial charge in [-0.05, 0) is 110 Å². The first-order valence-electron chi connectivity index (χ1n) is 18.1. The first kappa shape index (κ1) is 36.7. The molecule has 282 valence electrons. The molecule has 0 aromatic heterocycles. The summed E-state index contributed by atoms with van der Waals surface area (Å²) in [7, 11) is 7.06. The summed E-state index contributed by atoms with van der Waals surface area (Å²) in [6.07, 6.45) is 3.30. The monoisotopic (exact) mass is 743 g/mol. The summed E-state index contributed by atoms with van der Waals surface area (Å²) in [5.41, 5.74) is 6.73. The largest absolute Gasteiger partial charge is 0.493 e. The molecule has 11 nitrogen and oxygen atoms in total. The zero-order valence-corrected chi connectivity index (χ0v) is 32.4. The van der Waals surface area contributed by atoms with Crippen molar-refractivity contribution in [1.29, 1.82) is 0 Å². The molecule has 4 aromatic carbocycles. The van der Waals surface area contributed by atoms with E-state index >= 15 is 0 Å². The third-order valence-electron chi connectivity index (χ3n) is 10.7. The summed E-state index contributed by atoms with van der Waals surface area (Å²) in [5.74, 6) is 4.31. The lowest BCUT2D eigenvalue weighted by Gasteiger charge is -2.37. The number of nitrogens with one attached hydrogen (secondary N) is 1. The zero-order valence-electron chi connectivity index (χ0n) is 31.6. The van der Waals surface area contributed by atoms with Crippen molar-refractivity contribution < 1.29 is 36.8 Å².